The summed E-state index contributed by atoms with van der Waals surface area (Å²) in [6.45, 7) is 11.0. The summed E-state index contributed by atoms with van der Waals surface area (Å²) < 4.78 is 10.9. The Hall–Kier alpha value is -3.47. The number of hydrogen-bond acceptors (Lipinski definition) is 7. The van der Waals surface area contributed by atoms with Crippen LogP contribution in [0.5, 0.6) is 11.5 Å². The highest BCUT2D eigenvalue weighted by molar-refractivity contribution is 6.32. The zero-order valence-corrected chi connectivity index (χ0v) is 22.2. The van der Waals surface area contributed by atoms with E-state index in [1.165, 1.54) is 12.4 Å². The van der Waals surface area contributed by atoms with Crippen LogP contribution in [-0.4, -0.2) is 23.7 Å². The molecule has 2 aromatic rings. The molecule has 1 fully saturated rings. The molecule has 36 heavy (non-hydrogen) atoms. The summed E-state index contributed by atoms with van der Waals surface area (Å²) in [5.41, 5.74) is 13.8. The Bertz CT molecular complexity index is 1150. The van der Waals surface area contributed by atoms with Gasteiger partial charge in [0.05, 0.1) is 5.02 Å². The Kier molecular flexibility index (Phi) is 9.97. The second-order valence-electron chi connectivity index (χ2n) is 9.96. The number of nitrogens with two attached hydrogens (primary N) is 2. The van der Waals surface area contributed by atoms with Gasteiger partial charge in [0, 0.05) is 35.7 Å². The molecule has 0 unspecified atom stereocenters. The lowest BCUT2D eigenvalue weighted by atomic mass is 9.81. The van der Waals surface area contributed by atoms with Crippen molar-refractivity contribution in [3.05, 3.63) is 76.6 Å². The van der Waals surface area contributed by atoms with Crippen molar-refractivity contribution in [2.75, 3.05) is 0 Å². The fourth-order valence-corrected chi connectivity index (χ4v) is 4.80. The lowest BCUT2D eigenvalue weighted by Crippen LogP contribution is -2.59. The Labute approximate surface area is 218 Å². The minimum Gasteiger partial charge on any atom is -0.464 e. The van der Waals surface area contributed by atoms with Gasteiger partial charge < -0.3 is 26.3 Å². The molecule has 0 radical (unpaired) electrons. The average Bonchev–Trinajstić information content (AvgIpc) is 2.78. The lowest BCUT2D eigenvalue weighted by Gasteiger charge is -2.45. The number of nitrogens with one attached hydrogen (secondary N) is 1. The van der Waals surface area contributed by atoms with E-state index in [1.54, 1.807) is 36.4 Å². The van der Waals surface area contributed by atoms with Gasteiger partial charge in [-0.1, -0.05) is 29.8 Å². The predicted octanol–water partition coefficient (Wildman–Crippen LogP) is 5.55. The third kappa shape index (κ3) is 8.04. The van der Waals surface area contributed by atoms with Gasteiger partial charge in [-0.3, -0.25) is 4.79 Å². The Morgan fingerprint density at radius 2 is 1.81 bits per heavy atom. The first-order valence-electron chi connectivity index (χ1n) is 11.6. The SMILES string of the molecule is CC1(C)CC(OC=O)CC(C)(C)N1.Cc1ccc(Oc2cccc(C(/C=C\N)=C/N)c2C#N)c(Cl)c1. The number of nitrogens with zero attached hydrogens (tertiary/aromatic N) is 1. The maximum atomic E-state index is 10.3. The Morgan fingerprint density at radius 1 is 1.14 bits per heavy atom. The van der Waals surface area contributed by atoms with Crippen molar-refractivity contribution in [1.29, 1.82) is 5.26 Å². The number of hydrogen-bond donors (Lipinski definition) is 3. The number of piperidine rings is 1. The molecule has 3 rings (SSSR count). The Morgan fingerprint density at radius 3 is 2.33 bits per heavy atom. The minimum absolute atomic E-state index is 0.0510. The molecule has 192 valence electrons. The maximum Gasteiger partial charge on any atom is 0.293 e. The van der Waals surface area contributed by atoms with Crippen LogP contribution in [0.4, 0.5) is 0 Å². The van der Waals surface area contributed by atoms with Crippen molar-refractivity contribution < 1.29 is 14.3 Å². The molecule has 8 heteroatoms. The summed E-state index contributed by atoms with van der Waals surface area (Å²) in [4.78, 5) is 10.3. The number of carbonyl (C=O) groups excluding carboxylic acids is 1. The summed E-state index contributed by atoms with van der Waals surface area (Å²) in [6.07, 6.45) is 6.21. The van der Waals surface area contributed by atoms with E-state index >= 15 is 0 Å². The number of aryl methyl sites for hydroxylation is 1. The largest absolute Gasteiger partial charge is 0.464 e. The highest BCUT2D eigenvalue weighted by atomic mass is 35.5. The topological polar surface area (TPSA) is 123 Å². The van der Waals surface area contributed by atoms with Gasteiger partial charge in [-0.05, 0) is 76.2 Å². The number of ether oxygens (including phenoxy) is 2. The molecule has 2 aromatic carbocycles. The second-order valence-corrected chi connectivity index (χ2v) is 10.4. The zero-order valence-electron chi connectivity index (χ0n) is 21.5. The summed E-state index contributed by atoms with van der Waals surface area (Å²) in [5.74, 6) is 0.888. The van der Waals surface area contributed by atoms with Crippen molar-refractivity contribution >= 4 is 23.6 Å². The summed E-state index contributed by atoms with van der Waals surface area (Å²) in [7, 11) is 0. The number of benzene rings is 2. The number of allylic oxidation sites excluding steroid dienone is 2. The maximum absolute atomic E-state index is 10.3. The van der Waals surface area contributed by atoms with E-state index in [9.17, 15) is 10.1 Å². The lowest BCUT2D eigenvalue weighted by molar-refractivity contribution is -0.137. The third-order valence-corrected chi connectivity index (χ3v) is 5.91. The molecule has 1 aliphatic heterocycles. The van der Waals surface area contributed by atoms with Crippen molar-refractivity contribution in [3.63, 3.8) is 0 Å². The molecule has 0 amide bonds. The van der Waals surface area contributed by atoms with Crippen LogP contribution in [0.2, 0.25) is 5.02 Å². The average molecular weight is 511 g/mol. The van der Waals surface area contributed by atoms with Crippen molar-refractivity contribution in [2.24, 2.45) is 11.5 Å². The van der Waals surface area contributed by atoms with Crippen LogP contribution in [0, 0.1) is 18.3 Å². The fraction of sp³-hybridized carbons (Fsp3) is 0.357. The van der Waals surface area contributed by atoms with Gasteiger partial charge in [-0.15, -0.1) is 0 Å². The van der Waals surface area contributed by atoms with Crippen LogP contribution in [0.25, 0.3) is 5.57 Å². The predicted molar refractivity (Wildman–Crippen MR) is 144 cm³/mol. The first-order valence-corrected chi connectivity index (χ1v) is 12.0. The van der Waals surface area contributed by atoms with Crippen LogP contribution in [0.3, 0.4) is 0 Å². The smallest absolute Gasteiger partial charge is 0.293 e. The molecule has 0 aliphatic carbocycles. The zero-order chi connectivity index (χ0) is 26.9. The van der Waals surface area contributed by atoms with E-state index in [0.29, 0.717) is 39.7 Å². The van der Waals surface area contributed by atoms with Gasteiger partial charge in [-0.25, -0.2) is 0 Å². The molecule has 1 saturated heterocycles. The molecule has 0 aromatic heterocycles. The number of nitriles is 1. The van der Waals surface area contributed by atoms with Gasteiger partial charge in [0.15, 0.2) is 0 Å². The van der Waals surface area contributed by atoms with Crippen LogP contribution in [0.1, 0.15) is 57.2 Å². The molecule has 0 saturated carbocycles. The molecule has 1 aliphatic rings. The van der Waals surface area contributed by atoms with Gasteiger partial charge in [0.1, 0.15) is 29.2 Å². The van der Waals surface area contributed by atoms with E-state index in [2.05, 4.69) is 39.1 Å². The number of carbonyl (C=O) groups is 1. The highest BCUT2D eigenvalue weighted by Crippen LogP contribution is 2.34. The second kappa shape index (κ2) is 12.5. The van der Waals surface area contributed by atoms with Crippen molar-refractivity contribution in [1.82, 2.24) is 5.32 Å². The van der Waals surface area contributed by atoms with Crippen LogP contribution >= 0.6 is 11.6 Å². The number of rotatable bonds is 6. The van der Waals surface area contributed by atoms with E-state index in [1.807, 2.05) is 13.0 Å². The van der Waals surface area contributed by atoms with Crippen LogP contribution < -0.4 is 21.5 Å². The fourth-order valence-electron chi connectivity index (χ4n) is 4.52. The molecule has 0 spiro atoms. The monoisotopic (exact) mass is 510 g/mol. The summed E-state index contributed by atoms with van der Waals surface area (Å²) in [6, 6.07) is 12.9. The van der Waals surface area contributed by atoms with E-state index in [4.69, 9.17) is 32.5 Å². The molecule has 1 heterocycles. The van der Waals surface area contributed by atoms with Crippen LogP contribution in [0.15, 0.2) is 54.9 Å². The van der Waals surface area contributed by atoms with E-state index in [-0.39, 0.29) is 17.2 Å². The molecule has 0 bridgehead atoms. The summed E-state index contributed by atoms with van der Waals surface area (Å²) in [5, 5.41) is 13.5. The van der Waals surface area contributed by atoms with Crippen molar-refractivity contribution in [3.8, 4) is 17.6 Å². The summed E-state index contributed by atoms with van der Waals surface area (Å²) >= 11 is 6.19. The number of halogens is 1. The molecule has 0 atom stereocenters. The van der Waals surface area contributed by atoms with Gasteiger partial charge in [0.2, 0.25) is 0 Å². The van der Waals surface area contributed by atoms with E-state index < -0.39 is 0 Å². The third-order valence-electron chi connectivity index (χ3n) is 5.61. The van der Waals surface area contributed by atoms with Crippen molar-refractivity contribution in [2.45, 2.75) is 64.6 Å². The van der Waals surface area contributed by atoms with Gasteiger partial charge in [-0.2, -0.15) is 5.26 Å². The first kappa shape index (κ1) is 28.8. The molecular formula is C28H35ClN4O3. The Balaban J connectivity index is 0.000000297. The molecular weight excluding hydrogens is 476 g/mol. The standard InChI is InChI=1S/C18H16ClN3O.C10H19NO2/c1-12-5-6-18(16(19)9-12)23-17-4-2-3-14(15(17)11-22)13(10-21)7-8-20;1-9(2)5-8(13-7-12)6-10(3,4)11-9/h2-10H,20-21H2,1H3;7-8,11H,5-6H2,1-4H3/b8-7-,13-10+;. The van der Waals surface area contributed by atoms with Crippen LogP contribution in [-0.2, 0) is 9.53 Å². The molecule has 5 N–H and O–H groups in total. The van der Waals surface area contributed by atoms with Gasteiger partial charge >= 0.3 is 0 Å². The van der Waals surface area contributed by atoms with Gasteiger partial charge in [0.25, 0.3) is 6.47 Å². The highest BCUT2D eigenvalue weighted by Gasteiger charge is 2.38. The minimum atomic E-state index is 0.0510. The quantitative estimate of drug-likeness (QED) is 0.343. The molecule has 7 nitrogen and oxygen atoms in total. The normalized spacial score (nSPS) is 17.0. The van der Waals surface area contributed by atoms with E-state index in [0.717, 1.165) is 18.4 Å². The first-order chi connectivity index (χ1) is 16.9.